The molecule has 6 heteroatoms. The van der Waals surface area contributed by atoms with E-state index in [0.717, 1.165) is 5.69 Å². The first-order chi connectivity index (χ1) is 10.6. The molecule has 0 atom stereocenters. The third kappa shape index (κ3) is 2.89. The van der Waals surface area contributed by atoms with E-state index < -0.39 is 0 Å². The van der Waals surface area contributed by atoms with Gasteiger partial charge in [-0.1, -0.05) is 23.7 Å². The third-order valence-electron chi connectivity index (χ3n) is 3.32. The van der Waals surface area contributed by atoms with Crippen LogP contribution in [0.15, 0.2) is 48.5 Å². The highest BCUT2D eigenvalue weighted by Gasteiger charge is 2.23. The van der Waals surface area contributed by atoms with Crippen molar-refractivity contribution < 1.29 is 14.3 Å². The zero-order chi connectivity index (χ0) is 15.5. The summed E-state index contributed by atoms with van der Waals surface area (Å²) in [6.07, 6.45) is -0.354. The summed E-state index contributed by atoms with van der Waals surface area (Å²) in [6, 6.07) is 13.8. The minimum atomic E-state index is -0.354. The van der Waals surface area contributed by atoms with Crippen LogP contribution >= 0.6 is 11.6 Å². The van der Waals surface area contributed by atoms with Crippen LogP contribution in [0.1, 0.15) is 10.4 Å². The Hall–Kier alpha value is -2.53. The van der Waals surface area contributed by atoms with Crippen molar-refractivity contribution in [1.82, 2.24) is 0 Å². The van der Waals surface area contributed by atoms with Gasteiger partial charge < -0.3 is 10.1 Å². The molecular formula is C16H13ClN2O3. The van der Waals surface area contributed by atoms with Crippen LogP contribution in [0.4, 0.5) is 16.2 Å². The zero-order valence-corrected chi connectivity index (χ0v) is 12.3. The molecule has 0 radical (unpaired) electrons. The molecule has 0 aromatic heterocycles. The fourth-order valence-corrected chi connectivity index (χ4v) is 2.42. The number of nitrogens with zero attached hydrogens (tertiary/aromatic N) is 1. The number of hydrogen-bond donors (Lipinski definition) is 1. The van der Waals surface area contributed by atoms with Gasteiger partial charge in [0, 0.05) is 11.4 Å². The molecule has 0 spiro atoms. The van der Waals surface area contributed by atoms with Gasteiger partial charge >= 0.3 is 6.09 Å². The summed E-state index contributed by atoms with van der Waals surface area (Å²) in [5, 5.41) is 3.17. The number of rotatable bonds is 3. The van der Waals surface area contributed by atoms with E-state index in [9.17, 15) is 9.59 Å². The van der Waals surface area contributed by atoms with Crippen LogP contribution in [-0.2, 0) is 4.74 Å². The second-order valence-corrected chi connectivity index (χ2v) is 5.15. The Balaban J connectivity index is 1.72. The number of hydrogen-bond acceptors (Lipinski definition) is 3. The number of carbonyl (C=O) groups excluding carboxylic acids is 2. The Morgan fingerprint density at radius 2 is 1.86 bits per heavy atom. The van der Waals surface area contributed by atoms with E-state index in [4.69, 9.17) is 16.3 Å². The van der Waals surface area contributed by atoms with Crippen molar-refractivity contribution >= 4 is 35.0 Å². The molecule has 1 fully saturated rings. The summed E-state index contributed by atoms with van der Waals surface area (Å²) >= 11 is 5.99. The van der Waals surface area contributed by atoms with E-state index in [2.05, 4.69) is 5.32 Å². The summed E-state index contributed by atoms with van der Waals surface area (Å²) in [6.45, 7) is 0.925. The maximum Gasteiger partial charge on any atom is 0.414 e. The van der Waals surface area contributed by atoms with Crippen molar-refractivity contribution in [1.29, 1.82) is 0 Å². The van der Waals surface area contributed by atoms with Crippen molar-refractivity contribution in [3.05, 3.63) is 59.1 Å². The monoisotopic (exact) mass is 316 g/mol. The molecule has 2 aromatic carbocycles. The van der Waals surface area contributed by atoms with Crippen LogP contribution in [0, 0.1) is 0 Å². The summed E-state index contributed by atoms with van der Waals surface area (Å²) in [7, 11) is 0. The lowest BCUT2D eigenvalue weighted by Crippen LogP contribution is -2.23. The van der Waals surface area contributed by atoms with Crippen LogP contribution < -0.4 is 10.2 Å². The third-order valence-corrected chi connectivity index (χ3v) is 3.65. The fourth-order valence-electron chi connectivity index (χ4n) is 2.20. The summed E-state index contributed by atoms with van der Waals surface area (Å²) < 4.78 is 4.89. The molecule has 3 rings (SSSR count). The molecule has 1 N–H and O–H groups in total. The average molecular weight is 317 g/mol. The number of halogens is 1. The number of amides is 2. The standard InChI is InChI=1S/C16H13ClN2O3/c17-14-4-2-1-3-13(14)15(20)18-11-5-7-12(8-6-11)19-9-10-22-16(19)21/h1-8H,9-10H2,(H,18,20). The van der Waals surface area contributed by atoms with Gasteiger partial charge in [-0.3, -0.25) is 9.69 Å². The molecule has 1 aliphatic rings. The largest absolute Gasteiger partial charge is 0.447 e. The van der Waals surface area contributed by atoms with Crippen LogP contribution in [0.5, 0.6) is 0 Å². The van der Waals surface area contributed by atoms with Crippen molar-refractivity contribution in [3.63, 3.8) is 0 Å². The first kappa shape index (κ1) is 14.4. The van der Waals surface area contributed by atoms with Crippen molar-refractivity contribution in [2.24, 2.45) is 0 Å². The first-order valence-corrected chi connectivity index (χ1v) is 7.13. The predicted octanol–water partition coefficient (Wildman–Crippen LogP) is 3.55. The Kier molecular flexibility index (Phi) is 3.98. The normalized spacial score (nSPS) is 13.9. The van der Waals surface area contributed by atoms with Crippen molar-refractivity contribution in [2.45, 2.75) is 0 Å². The lowest BCUT2D eigenvalue weighted by Gasteiger charge is -2.13. The van der Waals surface area contributed by atoms with Gasteiger partial charge in [0.25, 0.3) is 5.91 Å². The molecule has 2 aromatic rings. The van der Waals surface area contributed by atoms with Crippen LogP contribution in [0.2, 0.25) is 5.02 Å². The number of carbonyl (C=O) groups is 2. The Labute approximate surface area is 132 Å². The number of nitrogens with one attached hydrogen (secondary N) is 1. The summed E-state index contributed by atoms with van der Waals surface area (Å²) in [5.74, 6) is -0.279. The number of benzene rings is 2. The first-order valence-electron chi connectivity index (χ1n) is 6.75. The number of anilines is 2. The van der Waals surface area contributed by atoms with Crippen LogP contribution in [0.25, 0.3) is 0 Å². The molecular weight excluding hydrogens is 304 g/mol. The van der Waals surface area contributed by atoms with Gasteiger partial charge in [0.2, 0.25) is 0 Å². The van der Waals surface area contributed by atoms with Gasteiger partial charge in [0.1, 0.15) is 6.61 Å². The molecule has 5 nitrogen and oxygen atoms in total. The second-order valence-electron chi connectivity index (χ2n) is 4.75. The quantitative estimate of drug-likeness (QED) is 0.942. The van der Waals surface area contributed by atoms with Gasteiger partial charge in [0.15, 0.2) is 0 Å². The maximum absolute atomic E-state index is 12.1. The molecule has 1 heterocycles. The Morgan fingerprint density at radius 3 is 2.50 bits per heavy atom. The van der Waals surface area contributed by atoms with E-state index in [1.807, 2.05) is 0 Å². The minimum Gasteiger partial charge on any atom is -0.447 e. The van der Waals surface area contributed by atoms with Crippen LogP contribution in [-0.4, -0.2) is 25.2 Å². The van der Waals surface area contributed by atoms with E-state index >= 15 is 0 Å². The van der Waals surface area contributed by atoms with Gasteiger partial charge in [-0.2, -0.15) is 0 Å². The van der Waals surface area contributed by atoms with Crippen molar-refractivity contribution in [2.75, 3.05) is 23.4 Å². The number of ether oxygens (including phenoxy) is 1. The summed E-state index contributed by atoms with van der Waals surface area (Å²) in [4.78, 5) is 25.2. The molecule has 22 heavy (non-hydrogen) atoms. The SMILES string of the molecule is O=C(Nc1ccc(N2CCOC2=O)cc1)c1ccccc1Cl. The molecule has 1 saturated heterocycles. The Bertz CT molecular complexity index is 716. The lowest BCUT2D eigenvalue weighted by atomic mass is 10.2. The van der Waals surface area contributed by atoms with Gasteiger partial charge in [-0.15, -0.1) is 0 Å². The molecule has 112 valence electrons. The second kappa shape index (κ2) is 6.07. The molecule has 0 bridgehead atoms. The topological polar surface area (TPSA) is 58.6 Å². The lowest BCUT2D eigenvalue weighted by molar-refractivity contribution is 0.102. The van der Waals surface area contributed by atoms with Gasteiger partial charge in [-0.05, 0) is 36.4 Å². The summed E-state index contributed by atoms with van der Waals surface area (Å²) in [5.41, 5.74) is 1.77. The predicted molar refractivity (Wildman–Crippen MR) is 84.5 cm³/mol. The Morgan fingerprint density at radius 1 is 1.14 bits per heavy atom. The average Bonchev–Trinajstić information content (AvgIpc) is 2.94. The highest BCUT2D eigenvalue weighted by atomic mass is 35.5. The maximum atomic E-state index is 12.1. The minimum absolute atomic E-state index is 0.279. The van der Waals surface area contributed by atoms with Crippen LogP contribution in [0.3, 0.4) is 0 Å². The number of cyclic esters (lactones) is 1. The highest BCUT2D eigenvalue weighted by Crippen LogP contribution is 2.22. The molecule has 1 aliphatic heterocycles. The van der Waals surface area contributed by atoms with Crippen molar-refractivity contribution in [3.8, 4) is 0 Å². The molecule has 2 amide bonds. The van der Waals surface area contributed by atoms with E-state index in [0.29, 0.717) is 29.4 Å². The van der Waals surface area contributed by atoms with Gasteiger partial charge in [-0.25, -0.2) is 4.79 Å². The van der Waals surface area contributed by atoms with E-state index in [-0.39, 0.29) is 12.0 Å². The highest BCUT2D eigenvalue weighted by molar-refractivity contribution is 6.34. The zero-order valence-electron chi connectivity index (χ0n) is 11.6. The van der Waals surface area contributed by atoms with Gasteiger partial charge in [0.05, 0.1) is 17.1 Å². The molecule has 0 aliphatic carbocycles. The van der Waals surface area contributed by atoms with E-state index in [1.165, 1.54) is 0 Å². The molecule has 0 saturated carbocycles. The van der Waals surface area contributed by atoms with E-state index in [1.54, 1.807) is 53.4 Å². The smallest absolute Gasteiger partial charge is 0.414 e. The fraction of sp³-hybridized carbons (Fsp3) is 0.125. The molecule has 0 unspecified atom stereocenters.